The predicted octanol–water partition coefficient (Wildman–Crippen LogP) is 4.24. The van der Waals surface area contributed by atoms with Gasteiger partial charge in [-0.25, -0.2) is 0 Å². The molecule has 0 radical (unpaired) electrons. The molecule has 0 spiro atoms. The van der Waals surface area contributed by atoms with E-state index in [1.165, 1.54) is 4.90 Å². The summed E-state index contributed by atoms with van der Waals surface area (Å²) in [6.07, 6.45) is -4.72. The minimum Gasteiger partial charge on any atom is -0.457 e. The highest BCUT2D eigenvalue weighted by Gasteiger charge is 2.34. The monoisotopic (exact) mass is 378 g/mol. The number of carbonyl (C=O) groups excluding carboxylic acids is 1. The van der Waals surface area contributed by atoms with Crippen LogP contribution in [-0.4, -0.2) is 42.7 Å². The Balaban J connectivity index is 1.84. The number of carbonyl (C=O) groups is 1. The molecule has 1 unspecified atom stereocenters. The Morgan fingerprint density at radius 2 is 1.81 bits per heavy atom. The zero-order valence-corrected chi connectivity index (χ0v) is 14.7. The van der Waals surface area contributed by atoms with Crippen LogP contribution in [0, 0.1) is 0 Å². The van der Waals surface area contributed by atoms with Crippen LogP contribution in [0.15, 0.2) is 54.6 Å². The zero-order valence-electron chi connectivity index (χ0n) is 14.7. The van der Waals surface area contributed by atoms with E-state index in [4.69, 9.17) is 4.74 Å². The van der Waals surface area contributed by atoms with Crippen LogP contribution >= 0.6 is 0 Å². The number of hydrogen-bond acceptors (Lipinski definition) is 3. The van der Waals surface area contributed by atoms with Crippen molar-refractivity contribution in [1.29, 1.82) is 0 Å². The van der Waals surface area contributed by atoms with E-state index in [0.29, 0.717) is 31.0 Å². The SMILES string of the molecule is O=C(c1ccccc1Oc1ccccc1)N(CCC(F)(F)F)C1CCNC1. The van der Waals surface area contributed by atoms with E-state index < -0.39 is 18.5 Å². The van der Waals surface area contributed by atoms with Gasteiger partial charge in [0.1, 0.15) is 11.5 Å². The van der Waals surface area contributed by atoms with E-state index in [1.807, 2.05) is 6.07 Å². The number of rotatable bonds is 6. The molecule has 0 aromatic heterocycles. The molecule has 0 bridgehead atoms. The molecule has 0 saturated carbocycles. The normalized spacial score (nSPS) is 16.9. The molecule has 1 saturated heterocycles. The lowest BCUT2D eigenvalue weighted by Crippen LogP contribution is -2.43. The number of ether oxygens (including phenoxy) is 1. The minimum absolute atomic E-state index is 0.260. The molecule has 4 nitrogen and oxygen atoms in total. The van der Waals surface area contributed by atoms with Crippen LogP contribution in [0.2, 0.25) is 0 Å². The van der Waals surface area contributed by atoms with Gasteiger partial charge in [0.25, 0.3) is 5.91 Å². The van der Waals surface area contributed by atoms with Gasteiger partial charge in [0.2, 0.25) is 0 Å². The Labute approximate surface area is 155 Å². The summed E-state index contributed by atoms with van der Waals surface area (Å²) in [4.78, 5) is 14.4. The van der Waals surface area contributed by atoms with Crippen LogP contribution in [0.5, 0.6) is 11.5 Å². The molecule has 1 aliphatic heterocycles. The van der Waals surface area contributed by atoms with Crippen molar-refractivity contribution in [1.82, 2.24) is 10.2 Å². The first-order valence-corrected chi connectivity index (χ1v) is 8.84. The summed E-state index contributed by atoms with van der Waals surface area (Å²) < 4.78 is 44.1. The van der Waals surface area contributed by atoms with E-state index in [1.54, 1.807) is 48.5 Å². The van der Waals surface area contributed by atoms with Crippen LogP contribution in [0.3, 0.4) is 0 Å². The van der Waals surface area contributed by atoms with Crippen LogP contribution in [0.25, 0.3) is 0 Å². The van der Waals surface area contributed by atoms with Crippen molar-refractivity contribution in [3.8, 4) is 11.5 Å². The second-order valence-corrected chi connectivity index (χ2v) is 6.42. The van der Waals surface area contributed by atoms with Gasteiger partial charge in [0.05, 0.1) is 12.0 Å². The standard InChI is InChI=1S/C20H21F3N2O2/c21-20(22,23)11-13-25(15-10-12-24-14-15)19(26)17-8-4-5-9-18(17)27-16-6-2-1-3-7-16/h1-9,15,24H,10-14H2. The van der Waals surface area contributed by atoms with Crippen molar-refractivity contribution >= 4 is 5.91 Å². The van der Waals surface area contributed by atoms with Crippen LogP contribution < -0.4 is 10.1 Å². The number of nitrogens with zero attached hydrogens (tertiary/aromatic N) is 1. The first-order valence-electron chi connectivity index (χ1n) is 8.84. The molecule has 2 aromatic carbocycles. The predicted molar refractivity (Wildman–Crippen MR) is 95.9 cm³/mol. The second-order valence-electron chi connectivity index (χ2n) is 6.42. The summed E-state index contributed by atoms with van der Waals surface area (Å²) in [5.74, 6) is 0.443. The zero-order chi connectivity index (χ0) is 19.3. The highest BCUT2D eigenvalue weighted by atomic mass is 19.4. The largest absolute Gasteiger partial charge is 0.457 e. The highest BCUT2D eigenvalue weighted by Crippen LogP contribution is 2.28. The maximum absolute atomic E-state index is 13.1. The molecule has 7 heteroatoms. The summed E-state index contributed by atoms with van der Waals surface area (Å²) in [7, 11) is 0. The fourth-order valence-electron chi connectivity index (χ4n) is 3.11. The number of alkyl halides is 3. The highest BCUT2D eigenvalue weighted by molar-refractivity contribution is 5.97. The van der Waals surface area contributed by atoms with Crippen molar-refractivity contribution in [2.75, 3.05) is 19.6 Å². The van der Waals surface area contributed by atoms with Crippen LogP contribution in [-0.2, 0) is 0 Å². The van der Waals surface area contributed by atoms with Gasteiger partial charge in [0.15, 0.2) is 0 Å². The van der Waals surface area contributed by atoms with Crippen molar-refractivity contribution in [3.05, 3.63) is 60.2 Å². The van der Waals surface area contributed by atoms with Gasteiger partial charge in [-0.15, -0.1) is 0 Å². The maximum atomic E-state index is 13.1. The molecule has 0 aliphatic carbocycles. The van der Waals surface area contributed by atoms with E-state index >= 15 is 0 Å². The number of nitrogens with one attached hydrogen (secondary N) is 1. The van der Waals surface area contributed by atoms with E-state index in [-0.39, 0.29) is 18.2 Å². The van der Waals surface area contributed by atoms with Gasteiger partial charge in [-0.3, -0.25) is 4.79 Å². The summed E-state index contributed by atoms with van der Waals surface area (Å²) >= 11 is 0. The topological polar surface area (TPSA) is 41.6 Å². The minimum atomic E-state index is -4.31. The molecule has 1 N–H and O–H groups in total. The molecule has 1 heterocycles. The summed E-state index contributed by atoms with van der Waals surface area (Å²) in [5, 5.41) is 3.10. The summed E-state index contributed by atoms with van der Waals surface area (Å²) in [6.45, 7) is 0.808. The Morgan fingerprint density at radius 1 is 1.11 bits per heavy atom. The molecular formula is C20H21F3N2O2. The Morgan fingerprint density at radius 3 is 2.48 bits per heavy atom. The number of halogens is 3. The fraction of sp³-hybridized carbons (Fsp3) is 0.350. The van der Waals surface area contributed by atoms with Gasteiger partial charge < -0.3 is 15.0 Å². The van der Waals surface area contributed by atoms with Crippen molar-refractivity contribution in [2.24, 2.45) is 0 Å². The van der Waals surface area contributed by atoms with Gasteiger partial charge in [-0.05, 0) is 37.2 Å². The van der Waals surface area contributed by atoms with E-state index in [0.717, 1.165) is 0 Å². The Kier molecular flexibility index (Phi) is 6.01. The summed E-state index contributed by atoms with van der Waals surface area (Å²) in [6, 6.07) is 15.3. The van der Waals surface area contributed by atoms with Gasteiger partial charge in [0, 0.05) is 19.1 Å². The number of benzene rings is 2. The molecule has 1 atom stereocenters. The third-order valence-corrected chi connectivity index (χ3v) is 4.46. The third kappa shape index (κ3) is 5.23. The number of amides is 1. The molecule has 144 valence electrons. The lowest BCUT2D eigenvalue weighted by Gasteiger charge is -2.29. The average Bonchev–Trinajstić information content (AvgIpc) is 3.16. The van der Waals surface area contributed by atoms with E-state index in [2.05, 4.69) is 5.32 Å². The Bertz CT molecular complexity index is 759. The number of para-hydroxylation sites is 2. The average molecular weight is 378 g/mol. The van der Waals surface area contributed by atoms with Gasteiger partial charge in [-0.1, -0.05) is 30.3 Å². The van der Waals surface area contributed by atoms with Crippen LogP contribution in [0.1, 0.15) is 23.2 Å². The Hall–Kier alpha value is -2.54. The van der Waals surface area contributed by atoms with Crippen molar-refractivity contribution < 1.29 is 22.7 Å². The fourth-order valence-corrected chi connectivity index (χ4v) is 3.11. The first kappa shape index (κ1) is 19.2. The second kappa shape index (κ2) is 8.43. The van der Waals surface area contributed by atoms with Crippen LogP contribution in [0.4, 0.5) is 13.2 Å². The molecule has 3 rings (SSSR count). The van der Waals surface area contributed by atoms with Gasteiger partial charge >= 0.3 is 6.18 Å². The summed E-state index contributed by atoms with van der Waals surface area (Å²) in [5.41, 5.74) is 0.260. The maximum Gasteiger partial charge on any atom is 0.390 e. The lowest BCUT2D eigenvalue weighted by molar-refractivity contribution is -0.137. The molecule has 1 amide bonds. The quantitative estimate of drug-likeness (QED) is 0.818. The van der Waals surface area contributed by atoms with E-state index in [9.17, 15) is 18.0 Å². The van der Waals surface area contributed by atoms with Gasteiger partial charge in [-0.2, -0.15) is 13.2 Å². The molecule has 1 aliphatic rings. The molecular weight excluding hydrogens is 357 g/mol. The molecule has 2 aromatic rings. The molecule has 27 heavy (non-hydrogen) atoms. The molecule has 1 fully saturated rings. The van der Waals surface area contributed by atoms with Crippen molar-refractivity contribution in [2.45, 2.75) is 25.1 Å². The number of hydrogen-bond donors (Lipinski definition) is 1. The van der Waals surface area contributed by atoms with Crippen molar-refractivity contribution in [3.63, 3.8) is 0 Å². The third-order valence-electron chi connectivity index (χ3n) is 4.46. The smallest absolute Gasteiger partial charge is 0.390 e. The first-order chi connectivity index (χ1) is 12.9. The lowest BCUT2D eigenvalue weighted by atomic mass is 10.1.